The molecule has 2 aromatic heterocycles. The molecule has 3 nitrogen and oxygen atoms in total. The van der Waals surface area contributed by atoms with Gasteiger partial charge in [-0.2, -0.15) is 11.3 Å². The SMILES string of the molecule is CCOC(=O)c1ccc(-c2ccsc2)nc1C. The maximum absolute atomic E-state index is 11.6. The number of nitrogens with zero attached hydrogens (tertiary/aromatic N) is 1. The Balaban J connectivity index is 2.32. The Kier molecular flexibility index (Phi) is 3.54. The molecule has 2 aromatic rings. The van der Waals surface area contributed by atoms with E-state index in [1.165, 1.54) is 0 Å². The van der Waals surface area contributed by atoms with Crippen LogP contribution in [-0.2, 0) is 4.74 Å². The van der Waals surface area contributed by atoms with Crippen molar-refractivity contribution in [3.8, 4) is 11.3 Å². The van der Waals surface area contributed by atoms with Gasteiger partial charge in [-0.25, -0.2) is 4.79 Å². The van der Waals surface area contributed by atoms with Crippen molar-refractivity contribution in [3.63, 3.8) is 0 Å². The molecule has 17 heavy (non-hydrogen) atoms. The van der Waals surface area contributed by atoms with Crippen molar-refractivity contribution in [1.82, 2.24) is 4.98 Å². The maximum atomic E-state index is 11.6. The second-order valence-corrected chi connectivity index (χ2v) is 4.34. The molecule has 2 heterocycles. The van der Waals surface area contributed by atoms with E-state index in [4.69, 9.17) is 4.74 Å². The fourth-order valence-corrected chi connectivity index (χ4v) is 2.21. The van der Waals surface area contributed by atoms with E-state index in [1.54, 1.807) is 24.3 Å². The van der Waals surface area contributed by atoms with Crippen molar-refractivity contribution in [3.05, 3.63) is 40.2 Å². The summed E-state index contributed by atoms with van der Waals surface area (Å²) >= 11 is 1.63. The van der Waals surface area contributed by atoms with E-state index >= 15 is 0 Å². The third-order valence-corrected chi connectivity index (χ3v) is 3.08. The third-order valence-electron chi connectivity index (χ3n) is 2.40. The summed E-state index contributed by atoms with van der Waals surface area (Å²) in [5.41, 5.74) is 3.20. The Labute approximate surface area is 104 Å². The number of aromatic nitrogens is 1. The van der Waals surface area contributed by atoms with E-state index in [1.807, 2.05) is 29.8 Å². The zero-order chi connectivity index (χ0) is 12.3. The molecule has 0 N–H and O–H groups in total. The lowest BCUT2D eigenvalue weighted by molar-refractivity contribution is 0.0525. The number of esters is 1. The van der Waals surface area contributed by atoms with Gasteiger partial charge in [-0.1, -0.05) is 0 Å². The monoisotopic (exact) mass is 247 g/mol. The highest BCUT2D eigenvalue weighted by Crippen LogP contribution is 2.21. The minimum absolute atomic E-state index is 0.311. The van der Waals surface area contributed by atoms with Crippen LogP contribution in [0.25, 0.3) is 11.3 Å². The maximum Gasteiger partial charge on any atom is 0.339 e. The van der Waals surface area contributed by atoms with Crippen molar-refractivity contribution in [2.75, 3.05) is 6.61 Å². The first-order valence-electron chi connectivity index (χ1n) is 5.39. The second kappa shape index (κ2) is 5.10. The van der Waals surface area contributed by atoms with Crippen LogP contribution in [0.15, 0.2) is 29.0 Å². The van der Waals surface area contributed by atoms with E-state index in [0.717, 1.165) is 11.3 Å². The summed E-state index contributed by atoms with van der Waals surface area (Å²) < 4.78 is 4.96. The molecule has 0 saturated carbocycles. The first kappa shape index (κ1) is 11.8. The molecule has 0 fully saturated rings. The first-order chi connectivity index (χ1) is 8.22. The van der Waals surface area contributed by atoms with Crippen molar-refractivity contribution in [2.45, 2.75) is 13.8 Å². The molecule has 4 heteroatoms. The number of pyridine rings is 1. The van der Waals surface area contributed by atoms with Crippen molar-refractivity contribution < 1.29 is 9.53 Å². The van der Waals surface area contributed by atoms with Gasteiger partial charge in [0, 0.05) is 10.9 Å². The number of ether oxygens (including phenoxy) is 1. The van der Waals surface area contributed by atoms with Gasteiger partial charge in [-0.05, 0) is 37.4 Å². The minimum atomic E-state index is -0.311. The largest absolute Gasteiger partial charge is 0.462 e. The summed E-state index contributed by atoms with van der Waals surface area (Å²) in [6.45, 7) is 3.99. The van der Waals surface area contributed by atoms with E-state index in [-0.39, 0.29) is 5.97 Å². The molecule has 0 aliphatic carbocycles. The predicted molar refractivity (Wildman–Crippen MR) is 68.2 cm³/mol. The number of hydrogen-bond acceptors (Lipinski definition) is 4. The van der Waals surface area contributed by atoms with Gasteiger partial charge in [-0.3, -0.25) is 4.98 Å². The Bertz CT molecular complexity index is 520. The van der Waals surface area contributed by atoms with Crippen molar-refractivity contribution >= 4 is 17.3 Å². The van der Waals surface area contributed by atoms with Crippen LogP contribution in [0.2, 0.25) is 0 Å². The summed E-state index contributed by atoms with van der Waals surface area (Å²) in [6, 6.07) is 5.63. The van der Waals surface area contributed by atoms with Crippen molar-refractivity contribution in [1.29, 1.82) is 0 Å². The van der Waals surface area contributed by atoms with Crippen LogP contribution in [0.3, 0.4) is 0 Å². The fourth-order valence-electron chi connectivity index (χ4n) is 1.56. The topological polar surface area (TPSA) is 39.2 Å². The lowest BCUT2D eigenvalue weighted by atomic mass is 10.1. The van der Waals surface area contributed by atoms with Crippen LogP contribution >= 0.6 is 11.3 Å². The molecule has 2 rings (SSSR count). The van der Waals surface area contributed by atoms with E-state index in [0.29, 0.717) is 17.9 Å². The zero-order valence-electron chi connectivity index (χ0n) is 9.77. The number of carbonyl (C=O) groups is 1. The summed E-state index contributed by atoms with van der Waals surface area (Å²) in [4.78, 5) is 16.0. The molecule has 0 saturated heterocycles. The van der Waals surface area contributed by atoms with Gasteiger partial charge in [0.05, 0.1) is 23.6 Å². The molecule has 88 valence electrons. The quantitative estimate of drug-likeness (QED) is 0.781. The van der Waals surface area contributed by atoms with Gasteiger partial charge >= 0.3 is 5.97 Å². The minimum Gasteiger partial charge on any atom is -0.462 e. The van der Waals surface area contributed by atoms with Crippen LogP contribution < -0.4 is 0 Å². The Morgan fingerprint density at radius 1 is 1.41 bits per heavy atom. The lowest BCUT2D eigenvalue weighted by Crippen LogP contribution is -2.07. The molecule has 0 aliphatic heterocycles. The molecule has 0 aromatic carbocycles. The fraction of sp³-hybridized carbons (Fsp3) is 0.231. The molecule has 0 aliphatic rings. The number of carbonyl (C=O) groups excluding carboxylic acids is 1. The molecule has 0 amide bonds. The van der Waals surface area contributed by atoms with Crippen LogP contribution in [0.1, 0.15) is 23.0 Å². The summed E-state index contributed by atoms with van der Waals surface area (Å²) in [6.07, 6.45) is 0. The molecule has 0 unspecified atom stereocenters. The van der Waals surface area contributed by atoms with Gasteiger partial charge in [0.2, 0.25) is 0 Å². The predicted octanol–water partition coefficient (Wildman–Crippen LogP) is 3.30. The Morgan fingerprint density at radius 3 is 2.82 bits per heavy atom. The van der Waals surface area contributed by atoms with E-state index < -0.39 is 0 Å². The average molecular weight is 247 g/mol. The highest BCUT2D eigenvalue weighted by Gasteiger charge is 2.12. The van der Waals surface area contributed by atoms with Gasteiger partial charge in [-0.15, -0.1) is 0 Å². The van der Waals surface area contributed by atoms with Gasteiger partial charge in [0.15, 0.2) is 0 Å². The molecular weight excluding hydrogens is 234 g/mol. The Hall–Kier alpha value is -1.68. The molecular formula is C13H13NO2S. The van der Waals surface area contributed by atoms with Gasteiger partial charge in [0.25, 0.3) is 0 Å². The second-order valence-electron chi connectivity index (χ2n) is 3.56. The van der Waals surface area contributed by atoms with E-state index in [2.05, 4.69) is 4.98 Å². The number of aryl methyl sites for hydroxylation is 1. The lowest BCUT2D eigenvalue weighted by Gasteiger charge is -2.06. The zero-order valence-corrected chi connectivity index (χ0v) is 10.6. The number of thiophene rings is 1. The average Bonchev–Trinajstić information content (AvgIpc) is 2.82. The highest BCUT2D eigenvalue weighted by atomic mass is 32.1. The van der Waals surface area contributed by atoms with Crippen LogP contribution in [-0.4, -0.2) is 17.6 Å². The van der Waals surface area contributed by atoms with Crippen molar-refractivity contribution in [2.24, 2.45) is 0 Å². The summed E-state index contributed by atoms with van der Waals surface area (Å²) in [5.74, 6) is -0.311. The number of hydrogen-bond donors (Lipinski definition) is 0. The van der Waals surface area contributed by atoms with Gasteiger partial charge < -0.3 is 4.74 Å². The normalized spacial score (nSPS) is 10.2. The first-order valence-corrected chi connectivity index (χ1v) is 6.34. The summed E-state index contributed by atoms with van der Waals surface area (Å²) in [5, 5.41) is 4.04. The third kappa shape index (κ3) is 2.53. The molecule has 0 radical (unpaired) electrons. The smallest absolute Gasteiger partial charge is 0.339 e. The van der Waals surface area contributed by atoms with E-state index in [9.17, 15) is 4.79 Å². The van der Waals surface area contributed by atoms with Gasteiger partial charge in [0.1, 0.15) is 0 Å². The number of rotatable bonds is 3. The summed E-state index contributed by atoms with van der Waals surface area (Å²) in [7, 11) is 0. The standard InChI is InChI=1S/C13H13NO2S/c1-3-16-13(15)11-4-5-12(14-9(11)2)10-6-7-17-8-10/h4-8H,3H2,1-2H3. The van der Waals surface area contributed by atoms with Crippen LogP contribution in [0.5, 0.6) is 0 Å². The highest BCUT2D eigenvalue weighted by molar-refractivity contribution is 7.08. The van der Waals surface area contributed by atoms with Crippen LogP contribution in [0, 0.1) is 6.92 Å². The molecule has 0 atom stereocenters. The molecule has 0 bridgehead atoms. The van der Waals surface area contributed by atoms with Crippen LogP contribution in [0.4, 0.5) is 0 Å². The molecule has 0 spiro atoms. The Morgan fingerprint density at radius 2 is 2.24 bits per heavy atom.